The second-order valence-electron chi connectivity index (χ2n) is 3.92. The van der Waals surface area contributed by atoms with E-state index in [1.165, 1.54) is 12.1 Å². The first-order valence-corrected chi connectivity index (χ1v) is 5.40. The Morgan fingerprint density at radius 3 is 2.38 bits per heavy atom. The van der Waals surface area contributed by atoms with Gasteiger partial charge in [-0.2, -0.15) is 0 Å². The molecule has 0 aromatic heterocycles. The van der Waals surface area contributed by atoms with Gasteiger partial charge in [-0.1, -0.05) is 13.8 Å². The summed E-state index contributed by atoms with van der Waals surface area (Å²) in [7, 11) is 0. The van der Waals surface area contributed by atoms with E-state index in [1.807, 2.05) is 0 Å². The molecule has 1 aromatic rings. The molecule has 0 unspecified atom stereocenters. The van der Waals surface area contributed by atoms with Crippen molar-refractivity contribution in [2.24, 2.45) is 0 Å². The Morgan fingerprint density at radius 1 is 1.19 bits per heavy atom. The second-order valence-corrected chi connectivity index (χ2v) is 3.92. The van der Waals surface area contributed by atoms with Crippen molar-refractivity contribution in [3.63, 3.8) is 0 Å². The summed E-state index contributed by atoms with van der Waals surface area (Å²) in [4.78, 5) is 0. The van der Waals surface area contributed by atoms with E-state index in [0.717, 1.165) is 19.0 Å². The Kier molecular flexibility index (Phi) is 5.19. The molecule has 0 saturated carbocycles. The van der Waals surface area contributed by atoms with Gasteiger partial charge in [0, 0.05) is 24.2 Å². The van der Waals surface area contributed by atoms with Gasteiger partial charge in [-0.25, -0.2) is 8.78 Å². The highest BCUT2D eigenvalue weighted by Gasteiger charge is 2.01. The van der Waals surface area contributed by atoms with E-state index in [1.54, 1.807) is 0 Å². The Hall–Kier alpha value is -1.16. The zero-order chi connectivity index (χ0) is 12.0. The monoisotopic (exact) mass is 229 g/mol. The van der Waals surface area contributed by atoms with Crippen LogP contribution in [-0.4, -0.2) is 19.2 Å². The van der Waals surface area contributed by atoms with Crippen LogP contribution in [0.1, 0.15) is 20.3 Å². The van der Waals surface area contributed by atoms with Gasteiger partial charge in [0.2, 0.25) is 0 Å². The van der Waals surface area contributed by atoms with Crippen molar-refractivity contribution in [1.82, 2.24) is 5.32 Å². The summed E-state index contributed by atoms with van der Waals surface area (Å²) < 4.78 is 30.8. The fourth-order valence-corrected chi connectivity index (χ4v) is 1.26. The van der Waals surface area contributed by atoms with E-state index in [-0.39, 0.29) is 5.75 Å². The number of ether oxygens (including phenoxy) is 1. The number of hydrogen-bond donors (Lipinski definition) is 1. The van der Waals surface area contributed by atoms with Crippen LogP contribution in [0, 0.1) is 11.6 Å². The van der Waals surface area contributed by atoms with E-state index >= 15 is 0 Å². The standard InChI is InChI=1S/C12H17F2NO/c1-9(2)15-4-3-5-16-12-7-10(13)6-11(14)8-12/h6-9,15H,3-5H2,1-2H3. The van der Waals surface area contributed by atoms with E-state index in [9.17, 15) is 8.78 Å². The fraction of sp³-hybridized carbons (Fsp3) is 0.500. The van der Waals surface area contributed by atoms with Crippen molar-refractivity contribution in [1.29, 1.82) is 0 Å². The molecule has 0 radical (unpaired) electrons. The third-order valence-corrected chi connectivity index (χ3v) is 1.98. The van der Waals surface area contributed by atoms with E-state index in [2.05, 4.69) is 19.2 Å². The molecule has 0 aliphatic heterocycles. The summed E-state index contributed by atoms with van der Waals surface area (Å²) in [5, 5.41) is 3.23. The number of halogens is 2. The molecule has 90 valence electrons. The lowest BCUT2D eigenvalue weighted by Crippen LogP contribution is -2.24. The first-order valence-electron chi connectivity index (χ1n) is 5.40. The minimum Gasteiger partial charge on any atom is -0.493 e. The van der Waals surface area contributed by atoms with Crippen LogP contribution in [-0.2, 0) is 0 Å². The highest BCUT2D eigenvalue weighted by atomic mass is 19.1. The van der Waals surface area contributed by atoms with E-state index < -0.39 is 11.6 Å². The van der Waals surface area contributed by atoms with Crippen LogP contribution in [0.5, 0.6) is 5.75 Å². The number of benzene rings is 1. The van der Waals surface area contributed by atoms with Crippen molar-refractivity contribution in [2.75, 3.05) is 13.2 Å². The Labute approximate surface area is 94.6 Å². The molecule has 0 amide bonds. The first kappa shape index (κ1) is 12.9. The zero-order valence-corrected chi connectivity index (χ0v) is 9.59. The molecular weight excluding hydrogens is 212 g/mol. The zero-order valence-electron chi connectivity index (χ0n) is 9.59. The van der Waals surface area contributed by atoms with Gasteiger partial charge in [0.1, 0.15) is 17.4 Å². The number of hydrogen-bond acceptors (Lipinski definition) is 2. The molecule has 0 aliphatic carbocycles. The van der Waals surface area contributed by atoms with Crippen LogP contribution in [0.2, 0.25) is 0 Å². The molecule has 16 heavy (non-hydrogen) atoms. The third-order valence-electron chi connectivity index (χ3n) is 1.98. The minimum atomic E-state index is -0.615. The third kappa shape index (κ3) is 5.07. The topological polar surface area (TPSA) is 21.3 Å². The summed E-state index contributed by atoms with van der Waals surface area (Å²) in [6.07, 6.45) is 0.802. The molecule has 0 spiro atoms. The molecule has 1 rings (SSSR count). The lowest BCUT2D eigenvalue weighted by Gasteiger charge is -2.09. The number of nitrogens with one attached hydrogen (secondary N) is 1. The normalized spacial score (nSPS) is 10.8. The summed E-state index contributed by atoms with van der Waals surface area (Å²) in [5.74, 6) is -0.993. The van der Waals surface area contributed by atoms with Gasteiger partial charge in [-0.15, -0.1) is 0 Å². The van der Waals surface area contributed by atoms with Crippen LogP contribution in [0.4, 0.5) is 8.78 Å². The molecule has 4 heteroatoms. The quantitative estimate of drug-likeness (QED) is 0.757. The highest BCUT2D eigenvalue weighted by Crippen LogP contribution is 2.15. The SMILES string of the molecule is CC(C)NCCCOc1cc(F)cc(F)c1. The van der Waals surface area contributed by atoms with Crippen LogP contribution in [0.3, 0.4) is 0 Å². The van der Waals surface area contributed by atoms with Gasteiger partial charge in [0.15, 0.2) is 0 Å². The van der Waals surface area contributed by atoms with Crippen molar-refractivity contribution < 1.29 is 13.5 Å². The van der Waals surface area contributed by atoms with E-state index in [4.69, 9.17) is 4.74 Å². The maximum atomic E-state index is 12.8. The molecule has 1 N–H and O–H groups in total. The van der Waals surface area contributed by atoms with Crippen LogP contribution in [0.25, 0.3) is 0 Å². The maximum Gasteiger partial charge on any atom is 0.129 e. The Balaban J connectivity index is 2.26. The molecule has 0 atom stereocenters. The number of rotatable bonds is 6. The predicted octanol–water partition coefficient (Wildman–Crippen LogP) is 2.73. The molecule has 0 bridgehead atoms. The average molecular weight is 229 g/mol. The average Bonchev–Trinajstić information content (AvgIpc) is 2.15. The van der Waals surface area contributed by atoms with Crippen LogP contribution < -0.4 is 10.1 Å². The minimum absolute atomic E-state index is 0.238. The highest BCUT2D eigenvalue weighted by molar-refractivity contribution is 5.23. The molecule has 0 aliphatic rings. The van der Waals surface area contributed by atoms with Gasteiger partial charge in [-0.05, 0) is 13.0 Å². The fourth-order valence-electron chi connectivity index (χ4n) is 1.26. The summed E-state index contributed by atoms with van der Waals surface area (Å²) in [5.41, 5.74) is 0. The first-order chi connectivity index (χ1) is 7.58. The van der Waals surface area contributed by atoms with Gasteiger partial charge < -0.3 is 10.1 Å². The van der Waals surface area contributed by atoms with Crippen molar-refractivity contribution in [2.45, 2.75) is 26.3 Å². The molecule has 1 aromatic carbocycles. The van der Waals surface area contributed by atoms with Gasteiger partial charge >= 0.3 is 0 Å². The van der Waals surface area contributed by atoms with Crippen molar-refractivity contribution in [3.05, 3.63) is 29.8 Å². The Bertz CT molecular complexity index is 309. The summed E-state index contributed by atoms with van der Waals surface area (Å²) in [6, 6.07) is 3.62. The molecular formula is C12H17F2NO. The second kappa shape index (κ2) is 6.43. The Morgan fingerprint density at radius 2 is 1.81 bits per heavy atom. The van der Waals surface area contributed by atoms with Crippen LogP contribution >= 0.6 is 0 Å². The maximum absolute atomic E-state index is 12.8. The summed E-state index contributed by atoms with van der Waals surface area (Å²) in [6.45, 7) is 5.39. The molecule has 0 heterocycles. The van der Waals surface area contributed by atoms with Gasteiger partial charge in [0.25, 0.3) is 0 Å². The van der Waals surface area contributed by atoms with Gasteiger partial charge in [-0.3, -0.25) is 0 Å². The van der Waals surface area contributed by atoms with Crippen molar-refractivity contribution >= 4 is 0 Å². The van der Waals surface area contributed by atoms with Crippen LogP contribution in [0.15, 0.2) is 18.2 Å². The van der Waals surface area contributed by atoms with Gasteiger partial charge in [0.05, 0.1) is 6.61 Å². The molecule has 0 fully saturated rings. The summed E-state index contributed by atoms with van der Waals surface area (Å²) >= 11 is 0. The largest absolute Gasteiger partial charge is 0.493 e. The van der Waals surface area contributed by atoms with Crippen molar-refractivity contribution in [3.8, 4) is 5.75 Å². The van der Waals surface area contributed by atoms with E-state index in [0.29, 0.717) is 12.6 Å². The molecule has 2 nitrogen and oxygen atoms in total. The lowest BCUT2D eigenvalue weighted by atomic mass is 10.3. The predicted molar refractivity (Wildman–Crippen MR) is 59.6 cm³/mol. The smallest absolute Gasteiger partial charge is 0.129 e. The lowest BCUT2D eigenvalue weighted by molar-refractivity contribution is 0.303. The molecule has 0 saturated heterocycles.